The number of ether oxygens (including phenoxy) is 4. The first-order valence-corrected chi connectivity index (χ1v) is 12.3. The fourth-order valence-electron chi connectivity index (χ4n) is 10.1. The molecule has 7 atom stereocenters. The summed E-state index contributed by atoms with van der Waals surface area (Å²) in [5.41, 5.74) is 1.29. The molecular formula is C25H36O5. The normalized spacial score (nSPS) is 54.8. The molecule has 5 aliphatic carbocycles. The van der Waals surface area contributed by atoms with Gasteiger partial charge in [0.2, 0.25) is 0 Å². The van der Waals surface area contributed by atoms with Crippen molar-refractivity contribution in [1.29, 1.82) is 0 Å². The smallest absolute Gasteiger partial charge is 0.172 e. The molecule has 5 heteroatoms. The molecule has 2 spiro atoms. The minimum Gasteiger partial charge on any atom is -0.390 e. The van der Waals surface area contributed by atoms with Crippen LogP contribution in [0.25, 0.3) is 0 Å². The lowest BCUT2D eigenvalue weighted by Crippen LogP contribution is -2.73. The summed E-state index contributed by atoms with van der Waals surface area (Å²) in [6.45, 7) is 7.44. The third kappa shape index (κ3) is 2.13. The molecule has 30 heavy (non-hydrogen) atoms. The molecule has 5 nitrogen and oxygen atoms in total. The highest BCUT2D eigenvalue weighted by atomic mass is 16.7. The lowest BCUT2D eigenvalue weighted by molar-refractivity contribution is -0.299. The van der Waals surface area contributed by atoms with Gasteiger partial charge in [-0.25, -0.2) is 0 Å². The molecule has 0 aromatic heterocycles. The maximum Gasteiger partial charge on any atom is 0.172 e. The number of aliphatic hydroxyl groups is 1. The molecule has 0 aromatic rings. The molecule has 2 heterocycles. The third-order valence-electron chi connectivity index (χ3n) is 10.8. The molecule has 0 aromatic carbocycles. The molecule has 0 amide bonds. The molecule has 0 bridgehead atoms. The molecule has 2 aliphatic heterocycles. The maximum atomic E-state index is 12.0. The minimum absolute atomic E-state index is 0.0928. The van der Waals surface area contributed by atoms with E-state index in [0.717, 1.165) is 58.2 Å². The maximum absolute atomic E-state index is 12.0. The van der Waals surface area contributed by atoms with Crippen LogP contribution in [0.4, 0.5) is 0 Å². The highest BCUT2D eigenvalue weighted by Gasteiger charge is 2.76. The van der Waals surface area contributed by atoms with Gasteiger partial charge in [-0.05, 0) is 62.7 Å². The predicted molar refractivity (Wildman–Crippen MR) is 109 cm³/mol. The Kier molecular flexibility index (Phi) is 3.63. The van der Waals surface area contributed by atoms with Crippen molar-refractivity contribution in [2.45, 2.75) is 82.4 Å². The van der Waals surface area contributed by atoms with Gasteiger partial charge in [0.1, 0.15) is 0 Å². The summed E-state index contributed by atoms with van der Waals surface area (Å²) in [6, 6.07) is 0. The van der Waals surface area contributed by atoms with E-state index in [0.29, 0.717) is 36.9 Å². The van der Waals surface area contributed by atoms with Crippen LogP contribution in [0.3, 0.4) is 0 Å². The second kappa shape index (κ2) is 5.72. The Morgan fingerprint density at radius 1 is 0.933 bits per heavy atom. The Hall–Kier alpha value is -0.460. The van der Waals surface area contributed by atoms with Gasteiger partial charge in [-0.15, -0.1) is 0 Å². The van der Waals surface area contributed by atoms with E-state index in [1.54, 1.807) is 0 Å². The fraction of sp³-hybridized carbons (Fsp3) is 0.920. The molecule has 7 unspecified atom stereocenters. The Morgan fingerprint density at radius 3 is 2.43 bits per heavy atom. The monoisotopic (exact) mass is 416 g/mol. The lowest BCUT2D eigenvalue weighted by Gasteiger charge is -2.73. The average Bonchev–Trinajstić information content (AvgIpc) is 3.40. The summed E-state index contributed by atoms with van der Waals surface area (Å²) in [5.74, 6) is 1.18. The first-order chi connectivity index (χ1) is 14.3. The van der Waals surface area contributed by atoms with Crippen molar-refractivity contribution in [3.05, 3.63) is 11.6 Å². The Morgan fingerprint density at radius 2 is 1.67 bits per heavy atom. The second-order valence-corrected chi connectivity index (χ2v) is 12.0. The summed E-state index contributed by atoms with van der Waals surface area (Å²) in [7, 11) is 0. The van der Waals surface area contributed by atoms with Gasteiger partial charge in [0.05, 0.1) is 32.0 Å². The van der Waals surface area contributed by atoms with Gasteiger partial charge in [-0.2, -0.15) is 0 Å². The predicted octanol–water partition coefficient (Wildman–Crippen LogP) is 3.80. The Balaban J connectivity index is 1.24. The van der Waals surface area contributed by atoms with Crippen molar-refractivity contribution >= 4 is 0 Å². The van der Waals surface area contributed by atoms with Crippen LogP contribution in [-0.4, -0.2) is 48.7 Å². The molecule has 7 rings (SSSR count). The molecule has 0 radical (unpaired) electrons. The fourth-order valence-corrected chi connectivity index (χ4v) is 10.1. The van der Waals surface area contributed by atoms with Crippen LogP contribution < -0.4 is 0 Å². The van der Waals surface area contributed by atoms with Crippen molar-refractivity contribution in [2.24, 2.45) is 34.5 Å². The van der Waals surface area contributed by atoms with E-state index < -0.39 is 11.4 Å². The standard InChI is InChI=1S/C25H36O5/c1-21-14-24(26)15-23-7-8-25(29-11-12-30-25)13-16(23)3-4-17(20(23)24)18(21)5-6-19(21)22(2)27-9-10-28-22/h3,17-20,26H,4-15H2,1-2H3. The van der Waals surface area contributed by atoms with E-state index >= 15 is 0 Å². The molecule has 7 aliphatic rings. The zero-order valence-corrected chi connectivity index (χ0v) is 18.5. The van der Waals surface area contributed by atoms with E-state index in [-0.39, 0.29) is 16.6 Å². The Bertz CT molecular complexity index is 795. The van der Waals surface area contributed by atoms with Crippen LogP contribution >= 0.6 is 0 Å². The summed E-state index contributed by atoms with van der Waals surface area (Å²) < 4.78 is 24.4. The molecule has 6 fully saturated rings. The van der Waals surface area contributed by atoms with Crippen molar-refractivity contribution < 1.29 is 24.1 Å². The highest BCUT2D eigenvalue weighted by molar-refractivity contribution is 5.37. The van der Waals surface area contributed by atoms with Gasteiger partial charge in [0, 0.05) is 30.1 Å². The molecule has 2 saturated heterocycles. The van der Waals surface area contributed by atoms with Crippen molar-refractivity contribution in [1.82, 2.24) is 0 Å². The van der Waals surface area contributed by atoms with Gasteiger partial charge in [-0.1, -0.05) is 18.6 Å². The largest absolute Gasteiger partial charge is 0.390 e. The van der Waals surface area contributed by atoms with E-state index in [2.05, 4.69) is 19.9 Å². The SMILES string of the molecule is CC1(C2CCC3C4CC=C5CC6(CCC57CC(O)(CC32C)C47)OCCO6)OCCO1. The second-order valence-electron chi connectivity index (χ2n) is 12.0. The molecule has 166 valence electrons. The minimum atomic E-state index is -0.533. The summed E-state index contributed by atoms with van der Waals surface area (Å²) in [4.78, 5) is 0. The van der Waals surface area contributed by atoms with Crippen molar-refractivity contribution in [3.8, 4) is 0 Å². The van der Waals surface area contributed by atoms with Gasteiger partial charge in [0.25, 0.3) is 0 Å². The highest BCUT2D eigenvalue weighted by Crippen LogP contribution is 2.78. The number of fused-ring (bicyclic) bond motifs is 2. The lowest BCUT2D eigenvalue weighted by atomic mass is 9.33. The van der Waals surface area contributed by atoms with Crippen LogP contribution in [0, 0.1) is 34.5 Å². The van der Waals surface area contributed by atoms with Crippen LogP contribution in [0.5, 0.6) is 0 Å². The average molecular weight is 417 g/mol. The zero-order chi connectivity index (χ0) is 20.4. The van der Waals surface area contributed by atoms with Gasteiger partial charge < -0.3 is 24.1 Å². The molecule has 4 saturated carbocycles. The number of hydrogen-bond donors (Lipinski definition) is 1. The quantitative estimate of drug-likeness (QED) is 0.659. The van der Waals surface area contributed by atoms with Gasteiger partial charge in [-0.3, -0.25) is 0 Å². The van der Waals surface area contributed by atoms with E-state index in [1.807, 2.05) is 0 Å². The number of rotatable bonds is 1. The van der Waals surface area contributed by atoms with Crippen LogP contribution in [-0.2, 0) is 18.9 Å². The summed E-state index contributed by atoms with van der Waals surface area (Å²) in [5, 5.41) is 12.0. The number of allylic oxidation sites excluding steroid dienone is 1. The van der Waals surface area contributed by atoms with Gasteiger partial charge in [0.15, 0.2) is 11.6 Å². The first kappa shape index (κ1) is 19.0. The van der Waals surface area contributed by atoms with Crippen LogP contribution in [0.1, 0.15) is 65.2 Å². The zero-order valence-electron chi connectivity index (χ0n) is 18.5. The number of hydrogen-bond acceptors (Lipinski definition) is 5. The summed E-state index contributed by atoms with van der Waals surface area (Å²) in [6.07, 6.45) is 10.9. The van der Waals surface area contributed by atoms with E-state index in [1.165, 1.54) is 12.0 Å². The van der Waals surface area contributed by atoms with Crippen LogP contribution in [0.15, 0.2) is 11.6 Å². The first-order valence-electron chi connectivity index (χ1n) is 12.3. The summed E-state index contributed by atoms with van der Waals surface area (Å²) >= 11 is 0. The molecular weight excluding hydrogens is 380 g/mol. The van der Waals surface area contributed by atoms with Crippen LogP contribution in [0.2, 0.25) is 0 Å². The van der Waals surface area contributed by atoms with E-state index in [4.69, 9.17) is 18.9 Å². The third-order valence-corrected chi connectivity index (χ3v) is 10.8. The van der Waals surface area contributed by atoms with E-state index in [9.17, 15) is 5.11 Å². The topological polar surface area (TPSA) is 57.2 Å². The Labute approximate surface area is 179 Å². The molecule has 1 N–H and O–H groups in total. The van der Waals surface area contributed by atoms with Crippen molar-refractivity contribution in [3.63, 3.8) is 0 Å². The van der Waals surface area contributed by atoms with Gasteiger partial charge >= 0.3 is 0 Å². The van der Waals surface area contributed by atoms with Crippen molar-refractivity contribution in [2.75, 3.05) is 26.4 Å².